The van der Waals surface area contributed by atoms with Gasteiger partial charge in [-0.3, -0.25) is 0 Å². The summed E-state index contributed by atoms with van der Waals surface area (Å²) in [5.74, 6) is 0.827. The average Bonchev–Trinajstić information content (AvgIpc) is 2.14. The van der Waals surface area contributed by atoms with Crippen molar-refractivity contribution < 1.29 is 5.11 Å². The molecule has 0 aromatic heterocycles. The molecule has 1 unspecified atom stereocenters. The number of hydrogen-bond acceptors (Lipinski definition) is 1. The second kappa shape index (κ2) is 3.25. The highest BCUT2D eigenvalue weighted by Crippen LogP contribution is 2.11. The van der Waals surface area contributed by atoms with Crippen molar-refractivity contribution in [3.8, 4) is 0 Å². The lowest BCUT2D eigenvalue weighted by Gasteiger charge is -1.98. The Morgan fingerprint density at radius 2 is 2.30 bits per heavy atom. The van der Waals surface area contributed by atoms with Gasteiger partial charge in [-0.25, -0.2) is 0 Å². The number of hydrogen-bond donors (Lipinski definition) is 1. The molecule has 0 aromatic rings. The SMILES string of the molecule is CCC1C=CC=C(O)C=C1. The number of rotatable bonds is 1. The van der Waals surface area contributed by atoms with Gasteiger partial charge in [0.15, 0.2) is 0 Å². The van der Waals surface area contributed by atoms with Crippen LogP contribution in [0.3, 0.4) is 0 Å². The maximum Gasteiger partial charge on any atom is 0.115 e. The third kappa shape index (κ3) is 1.76. The molecule has 0 saturated heterocycles. The lowest BCUT2D eigenvalue weighted by molar-refractivity contribution is 0.432. The maximum atomic E-state index is 9.03. The summed E-state index contributed by atoms with van der Waals surface area (Å²) in [4.78, 5) is 0. The minimum absolute atomic E-state index is 0.340. The molecule has 1 aliphatic rings. The monoisotopic (exact) mass is 136 g/mol. The third-order valence-corrected chi connectivity index (χ3v) is 1.61. The molecule has 0 bridgehead atoms. The first-order chi connectivity index (χ1) is 4.83. The molecule has 1 heteroatoms. The van der Waals surface area contributed by atoms with Crippen molar-refractivity contribution in [3.05, 3.63) is 36.1 Å². The fourth-order valence-electron chi connectivity index (χ4n) is 0.911. The fourth-order valence-corrected chi connectivity index (χ4v) is 0.911. The summed E-state index contributed by atoms with van der Waals surface area (Å²) in [5, 5.41) is 9.03. The van der Waals surface area contributed by atoms with Gasteiger partial charge in [0.25, 0.3) is 0 Å². The summed E-state index contributed by atoms with van der Waals surface area (Å²) >= 11 is 0. The smallest absolute Gasteiger partial charge is 0.115 e. The molecule has 0 saturated carbocycles. The summed E-state index contributed by atoms with van der Waals surface area (Å²) in [5.41, 5.74) is 0. The van der Waals surface area contributed by atoms with Gasteiger partial charge in [0, 0.05) is 0 Å². The highest BCUT2D eigenvalue weighted by molar-refractivity contribution is 5.23. The molecule has 0 spiro atoms. The van der Waals surface area contributed by atoms with E-state index in [1.807, 2.05) is 12.2 Å². The van der Waals surface area contributed by atoms with E-state index in [1.54, 1.807) is 12.2 Å². The van der Waals surface area contributed by atoms with Crippen LogP contribution in [0.2, 0.25) is 0 Å². The Morgan fingerprint density at radius 3 is 3.00 bits per heavy atom. The van der Waals surface area contributed by atoms with Crippen LogP contribution in [0.4, 0.5) is 0 Å². The first kappa shape index (κ1) is 7.13. The molecule has 1 atom stereocenters. The van der Waals surface area contributed by atoms with Gasteiger partial charge in [0.05, 0.1) is 0 Å². The molecular formula is C9H12O. The molecule has 0 amide bonds. The Labute approximate surface area is 61.4 Å². The zero-order valence-corrected chi connectivity index (χ0v) is 6.12. The van der Waals surface area contributed by atoms with Crippen LogP contribution >= 0.6 is 0 Å². The van der Waals surface area contributed by atoms with E-state index in [1.165, 1.54) is 0 Å². The largest absolute Gasteiger partial charge is 0.508 e. The van der Waals surface area contributed by atoms with Gasteiger partial charge < -0.3 is 5.11 Å². The van der Waals surface area contributed by atoms with E-state index in [9.17, 15) is 0 Å². The van der Waals surface area contributed by atoms with Crippen LogP contribution in [0, 0.1) is 5.92 Å². The quantitative estimate of drug-likeness (QED) is 0.587. The molecule has 1 N–H and O–H groups in total. The van der Waals surface area contributed by atoms with Gasteiger partial charge in [-0.1, -0.05) is 25.2 Å². The zero-order valence-electron chi connectivity index (χ0n) is 6.12. The van der Waals surface area contributed by atoms with Crippen molar-refractivity contribution in [1.29, 1.82) is 0 Å². The Kier molecular flexibility index (Phi) is 2.32. The van der Waals surface area contributed by atoms with E-state index < -0.39 is 0 Å². The minimum atomic E-state index is 0.340. The van der Waals surface area contributed by atoms with Crippen LogP contribution < -0.4 is 0 Å². The van der Waals surface area contributed by atoms with E-state index in [2.05, 4.69) is 13.0 Å². The normalized spacial score (nSPS) is 24.1. The van der Waals surface area contributed by atoms with Gasteiger partial charge in [-0.05, 0) is 24.5 Å². The van der Waals surface area contributed by atoms with Crippen LogP contribution in [-0.4, -0.2) is 5.11 Å². The molecule has 10 heavy (non-hydrogen) atoms. The first-order valence-electron chi connectivity index (χ1n) is 3.58. The van der Waals surface area contributed by atoms with E-state index in [4.69, 9.17) is 5.11 Å². The summed E-state index contributed by atoms with van der Waals surface area (Å²) in [6.07, 6.45) is 10.5. The van der Waals surface area contributed by atoms with Crippen molar-refractivity contribution in [3.63, 3.8) is 0 Å². The van der Waals surface area contributed by atoms with Crippen molar-refractivity contribution in [2.45, 2.75) is 13.3 Å². The zero-order chi connectivity index (χ0) is 7.40. The van der Waals surface area contributed by atoms with Crippen molar-refractivity contribution in [2.75, 3.05) is 0 Å². The standard InChI is InChI=1S/C9H12O/c1-2-8-4-3-5-9(10)7-6-8/h3-8,10H,2H2,1H3. The molecule has 1 nitrogen and oxygen atoms in total. The van der Waals surface area contributed by atoms with E-state index in [-0.39, 0.29) is 0 Å². The van der Waals surface area contributed by atoms with Crippen LogP contribution in [0.1, 0.15) is 13.3 Å². The van der Waals surface area contributed by atoms with E-state index in [0.29, 0.717) is 11.7 Å². The van der Waals surface area contributed by atoms with Gasteiger partial charge >= 0.3 is 0 Å². The molecule has 54 valence electrons. The molecule has 1 aliphatic carbocycles. The molecular weight excluding hydrogens is 124 g/mol. The van der Waals surface area contributed by atoms with Gasteiger partial charge in [-0.2, -0.15) is 0 Å². The van der Waals surface area contributed by atoms with E-state index in [0.717, 1.165) is 6.42 Å². The average molecular weight is 136 g/mol. The summed E-state index contributed by atoms with van der Waals surface area (Å²) in [7, 11) is 0. The predicted octanol–water partition coefficient (Wildman–Crippen LogP) is 2.58. The van der Waals surface area contributed by atoms with Gasteiger partial charge in [0.2, 0.25) is 0 Å². The molecule has 0 heterocycles. The third-order valence-electron chi connectivity index (χ3n) is 1.61. The van der Waals surface area contributed by atoms with Gasteiger partial charge in [-0.15, -0.1) is 0 Å². The first-order valence-corrected chi connectivity index (χ1v) is 3.58. The highest BCUT2D eigenvalue weighted by Gasteiger charge is 1.97. The Hall–Kier alpha value is -0.980. The lowest BCUT2D eigenvalue weighted by Crippen LogP contribution is -1.85. The summed E-state index contributed by atoms with van der Waals surface area (Å²) < 4.78 is 0. The van der Waals surface area contributed by atoms with Crippen molar-refractivity contribution in [1.82, 2.24) is 0 Å². The molecule has 0 radical (unpaired) electrons. The van der Waals surface area contributed by atoms with E-state index >= 15 is 0 Å². The second-order valence-corrected chi connectivity index (χ2v) is 2.41. The van der Waals surface area contributed by atoms with Gasteiger partial charge in [0.1, 0.15) is 5.76 Å². The van der Waals surface area contributed by atoms with Crippen LogP contribution in [0.25, 0.3) is 0 Å². The Bertz CT molecular complexity index is 187. The molecule has 0 aromatic carbocycles. The molecule has 0 fully saturated rings. The summed E-state index contributed by atoms with van der Waals surface area (Å²) in [6.45, 7) is 2.13. The Balaban J connectivity index is 2.68. The number of aliphatic hydroxyl groups excluding tert-OH is 1. The highest BCUT2D eigenvalue weighted by atomic mass is 16.3. The minimum Gasteiger partial charge on any atom is -0.508 e. The van der Waals surface area contributed by atoms with Crippen LogP contribution in [0.15, 0.2) is 36.1 Å². The number of aliphatic hydroxyl groups is 1. The molecule has 1 rings (SSSR count). The second-order valence-electron chi connectivity index (χ2n) is 2.41. The fraction of sp³-hybridized carbons (Fsp3) is 0.333. The van der Waals surface area contributed by atoms with Crippen molar-refractivity contribution in [2.24, 2.45) is 5.92 Å². The maximum absolute atomic E-state index is 9.03. The topological polar surface area (TPSA) is 20.2 Å². The van der Waals surface area contributed by atoms with Crippen molar-refractivity contribution >= 4 is 0 Å². The van der Waals surface area contributed by atoms with Crippen LogP contribution in [0.5, 0.6) is 0 Å². The summed E-state index contributed by atoms with van der Waals surface area (Å²) in [6, 6.07) is 0. The lowest BCUT2D eigenvalue weighted by atomic mass is 10.1. The molecule has 0 aliphatic heterocycles. The predicted molar refractivity (Wildman–Crippen MR) is 42.8 cm³/mol. The number of allylic oxidation sites excluding steroid dienone is 5. The Morgan fingerprint density at radius 1 is 1.50 bits per heavy atom. The van der Waals surface area contributed by atoms with Crippen LogP contribution in [-0.2, 0) is 0 Å².